The number of anilines is 1. The number of pyridine rings is 1. The molecule has 0 aliphatic heterocycles. The van der Waals surface area contributed by atoms with Crippen LogP contribution in [0, 0.1) is 6.92 Å². The molecule has 5 nitrogen and oxygen atoms in total. The Morgan fingerprint density at radius 2 is 1.93 bits per heavy atom. The Morgan fingerprint density at radius 1 is 1.07 bits per heavy atom. The fourth-order valence-electron chi connectivity index (χ4n) is 3.23. The van der Waals surface area contributed by atoms with Crippen molar-refractivity contribution >= 4 is 28.0 Å². The Hall–Kier alpha value is -3.34. The maximum atomic E-state index is 12.2. The maximum Gasteiger partial charge on any atom is 0.226 e. The fraction of sp³-hybridized carbons (Fsp3) is 0.182. The topological polar surface area (TPSA) is 58.4 Å². The molecule has 2 aromatic carbocycles. The molecule has 4 aromatic rings. The molecule has 0 radical (unpaired) electrons. The van der Waals surface area contributed by atoms with Crippen molar-refractivity contribution in [1.29, 1.82) is 0 Å². The number of rotatable bonds is 6. The molecule has 1 amide bonds. The van der Waals surface area contributed by atoms with Gasteiger partial charge >= 0.3 is 0 Å². The molecule has 0 aliphatic rings. The molecule has 2 aromatic heterocycles. The second kappa shape index (κ2) is 7.50. The minimum Gasteiger partial charge on any atom is -0.383 e. The molecule has 0 aliphatic carbocycles. The normalized spacial score (nSPS) is 11.0. The SMILES string of the molecule is Cc1ccn2cc(CC(=O)NCCNc3cccc4ccccc34)nc2c1. The molecule has 0 fully saturated rings. The largest absolute Gasteiger partial charge is 0.383 e. The first-order valence-corrected chi connectivity index (χ1v) is 9.11. The summed E-state index contributed by atoms with van der Waals surface area (Å²) in [6.45, 7) is 3.27. The van der Waals surface area contributed by atoms with Crippen LogP contribution < -0.4 is 10.6 Å². The number of carbonyl (C=O) groups is 1. The minimum atomic E-state index is -0.0187. The zero-order valence-electron chi connectivity index (χ0n) is 15.3. The Balaban J connectivity index is 1.30. The lowest BCUT2D eigenvalue weighted by atomic mass is 10.1. The Labute approximate surface area is 158 Å². The molecule has 0 atom stereocenters. The van der Waals surface area contributed by atoms with Crippen LogP contribution in [-0.4, -0.2) is 28.4 Å². The van der Waals surface area contributed by atoms with Gasteiger partial charge in [-0.3, -0.25) is 4.79 Å². The van der Waals surface area contributed by atoms with Crippen molar-refractivity contribution in [2.75, 3.05) is 18.4 Å². The molecular formula is C22H22N4O. The van der Waals surface area contributed by atoms with E-state index in [1.807, 2.05) is 54.0 Å². The summed E-state index contributed by atoms with van der Waals surface area (Å²) < 4.78 is 1.94. The van der Waals surface area contributed by atoms with Gasteiger partial charge in [-0.05, 0) is 36.1 Å². The van der Waals surface area contributed by atoms with Crippen LogP contribution in [0.3, 0.4) is 0 Å². The van der Waals surface area contributed by atoms with Crippen molar-refractivity contribution in [3.05, 3.63) is 78.2 Å². The molecular weight excluding hydrogens is 336 g/mol. The number of amides is 1. The number of fused-ring (bicyclic) bond motifs is 2. The Morgan fingerprint density at radius 3 is 2.85 bits per heavy atom. The van der Waals surface area contributed by atoms with E-state index in [2.05, 4.69) is 39.9 Å². The summed E-state index contributed by atoms with van der Waals surface area (Å²) in [6.07, 6.45) is 4.16. The van der Waals surface area contributed by atoms with Crippen LogP contribution in [0.4, 0.5) is 5.69 Å². The van der Waals surface area contributed by atoms with E-state index in [9.17, 15) is 4.79 Å². The van der Waals surface area contributed by atoms with E-state index < -0.39 is 0 Å². The summed E-state index contributed by atoms with van der Waals surface area (Å²) in [4.78, 5) is 16.7. The lowest BCUT2D eigenvalue weighted by Gasteiger charge is -2.10. The highest BCUT2D eigenvalue weighted by Gasteiger charge is 2.07. The standard InChI is InChI=1S/C22H22N4O/c1-16-9-12-26-15-18(25-21(26)13-16)14-22(27)24-11-10-23-20-8-4-6-17-5-2-3-7-19(17)20/h2-9,12-13,15,23H,10-11,14H2,1H3,(H,24,27). The second-order valence-electron chi connectivity index (χ2n) is 6.68. The highest BCUT2D eigenvalue weighted by molar-refractivity contribution is 5.93. The molecule has 2 heterocycles. The summed E-state index contributed by atoms with van der Waals surface area (Å²) >= 11 is 0. The molecule has 0 bridgehead atoms. The molecule has 136 valence electrons. The molecule has 27 heavy (non-hydrogen) atoms. The monoisotopic (exact) mass is 358 g/mol. The van der Waals surface area contributed by atoms with E-state index in [-0.39, 0.29) is 12.3 Å². The zero-order valence-corrected chi connectivity index (χ0v) is 15.3. The van der Waals surface area contributed by atoms with Gasteiger partial charge in [0, 0.05) is 36.6 Å². The first-order valence-electron chi connectivity index (χ1n) is 9.11. The van der Waals surface area contributed by atoms with Gasteiger partial charge in [0.2, 0.25) is 5.91 Å². The zero-order chi connectivity index (χ0) is 18.6. The van der Waals surface area contributed by atoms with Crippen LogP contribution in [0.1, 0.15) is 11.3 Å². The summed E-state index contributed by atoms with van der Waals surface area (Å²) in [5.74, 6) is -0.0187. The smallest absolute Gasteiger partial charge is 0.226 e. The quantitative estimate of drug-likeness (QED) is 0.518. The Bertz CT molecular complexity index is 1090. The fourth-order valence-corrected chi connectivity index (χ4v) is 3.23. The van der Waals surface area contributed by atoms with Gasteiger partial charge in [0.15, 0.2) is 0 Å². The molecule has 0 saturated carbocycles. The average Bonchev–Trinajstić information content (AvgIpc) is 3.06. The van der Waals surface area contributed by atoms with Gasteiger partial charge in [-0.1, -0.05) is 36.4 Å². The second-order valence-corrected chi connectivity index (χ2v) is 6.68. The van der Waals surface area contributed by atoms with Gasteiger partial charge in [0.1, 0.15) is 5.65 Å². The highest BCUT2D eigenvalue weighted by atomic mass is 16.1. The number of hydrogen-bond acceptors (Lipinski definition) is 3. The van der Waals surface area contributed by atoms with Crippen molar-refractivity contribution in [3.8, 4) is 0 Å². The van der Waals surface area contributed by atoms with Crippen LogP contribution in [0.5, 0.6) is 0 Å². The number of imidazole rings is 1. The van der Waals surface area contributed by atoms with Gasteiger partial charge in [0.05, 0.1) is 12.1 Å². The third-order valence-corrected chi connectivity index (χ3v) is 4.56. The predicted octanol–water partition coefficient (Wildman–Crippen LogP) is 3.57. The van der Waals surface area contributed by atoms with E-state index in [1.165, 1.54) is 10.8 Å². The third-order valence-electron chi connectivity index (χ3n) is 4.56. The summed E-state index contributed by atoms with van der Waals surface area (Å²) in [7, 11) is 0. The summed E-state index contributed by atoms with van der Waals surface area (Å²) in [5.41, 5.74) is 3.89. The molecule has 4 rings (SSSR count). The van der Waals surface area contributed by atoms with Crippen LogP contribution >= 0.6 is 0 Å². The van der Waals surface area contributed by atoms with Crippen LogP contribution in [0.25, 0.3) is 16.4 Å². The average molecular weight is 358 g/mol. The van der Waals surface area contributed by atoms with Crippen LogP contribution in [-0.2, 0) is 11.2 Å². The maximum absolute atomic E-state index is 12.2. The molecule has 0 unspecified atom stereocenters. The number of nitrogens with one attached hydrogen (secondary N) is 2. The van der Waals surface area contributed by atoms with Crippen molar-refractivity contribution < 1.29 is 4.79 Å². The summed E-state index contributed by atoms with van der Waals surface area (Å²) in [6, 6.07) is 18.5. The third kappa shape index (κ3) is 3.92. The minimum absolute atomic E-state index is 0.0187. The predicted molar refractivity (Wildman–Crippen MR) is 109 cm³/mol. The van der Waals surface area contributed by atoms with E-state index >= 15 is 0 Å². The van der Waals surface area contributed by atoms with Gasteiger partial charge in [-0.2, -0.15) is 0 Å². The van der Waals surface area contributed by atoms with E-state index in [4.69, 9.17) is 0 Å². The van der Waals surface area contributed by atoms with Crippen molar-refractivity contribution in [2.24, 2.45) is 0 Å². The number of hydrogen-bond donors (Lipinski definition) is 2. The van der Waals surface area contributed by atoms with Crippen molar-refractivity contribution in [2.45, 2.75) is 13.3 Å². The van der Waals surface area contributed by atoms with Crippen molar-refractivity contribution in [1.82, 2.24) is 14.7 Å². The van der Waals surface area contributed by atoms with E-state index in [1.54, 1.807) is 0 Å². The number of aryl methyl sites for hydroxylation is 1. The first-order chi connectivity index (χ1) is 13.2. The lowest BCUT2D eigenvalue weighted by Crippen LogP contribution is -2.30. The van der Waals surface area contributed by atoms with Crippen molar-refractivity contribution in [3.63, 3.8) is 0 Å². The lowest BCUT2D eigenvalue weighted by molar-refractivity contribution is -0.120. The molecule has 0 spiro atoms. The van der Waals surface area contributed by atoms with Crippen LogP contribution in [0.2, 0.25) is 0 Å². The Kier molecular flexibility index (Phi) is 4.75. The van der Waals surface area contributed by atoms with Crippen LogP contribution in [0.15, 0.2) is 67.0 Å². The van der Waals surface area contributed by atoms with Gasteiger partial charge in [-0.15, -0.1) is 0 Å². The first kappa shape index (κ1) is 17.1. The number of nitrogens with zero attached hydrogens (tertiary/aromatic N) is 2. The van der Waals surface area contributed by atoms with Gasteiger partial charge in [0.25, 0.3) is 0 Å². The van der Waals surface area contributed by atoms with E-state index in [0.717, 1.165) is 22.6 Å². The number of carbonyl (C=O) groups excluding carboxylic acids is 1. The highest BCUT2D eigenvalue weighted by Crippen LogP contribution is 2.22. The number of aromatic nitrogens is 2. The molecule has 0 saturated heterocycles. The molecule has 2 N–H and O–H groups in total. The van der Waals surface area contributed by atoms with Gasteiger partial charge in [-0.25, -0.2) is 4.98 Å². The molecule has 5 heteroatoms. The van der Waals surface area contributed by atoms with E-state index in [0.29, 0.717) is 13.1 Å². The van der Waals surface area contributed by atoms with Gasteiger partial charge < -0.3 is 15.0 Å². The summed E-state index contributed by atoms with van der Waals surface area (Å²) in [5, 5.41) is 8.74. The number of benzene rings is 2.